The second-order valence-corrected chi connectivity index (χ2v) is 5.79. The highest BCUT2D eigenvalue weighted by Gasteiger charge is 2.32. The summed E-state index contributed by atoms with van der Waals surface area (Å²) in [5, 5.41) is 3.98. The van der Waals surface area contributed by atoms with Gasteiger partial charge in [0.2, 0.25) is 0 Å². The van der Waals surface area contributed by atoms with Crippen molar-refractivity contribution in [2.24, 2.45) is 0 Å². The van der Waals surface area contributed by atoms with Crippen LogP contribution in [0.1, 0.15) is 11.1 Å². The number of nitrogens with zero attached hydrogens (tertiary/aromatic N) is 1. The van der Waals surface area contributed by atoms with Gasteiger partial charge >= 0.3 is 0 Å². The van der Waals surface area contributed by atoms with E-state index in [4.69, 9.17) is 23.8 Å². The van der Waals surface area contributed by atoms with Crippen LogP contribution in [0.2, 0.25) is 5.02 Å². The summed E-state index contributed by atoms with van der Waals surface area (Å²) in [4.78, 5) is 14.1. The van der Waals surface area contributed by atoms with Gasteiger partial charge in [0.1, 0.15) is 5.70 Å². The van der Waals surface area contributed by atoms with Crippen LogP contribution in [0.5, 0.6) is 0 Å². The fourth-order valence-corrected chi connectivity index (χ4v) is 2.82. The van der Waals surface area contributed by atoms with Crippen molar-refractivity contribution in [1.82, 2.24) is 5.32 Å². The Labute approximate surface area is 139 Å². The third-order valence-electron chi connectivity index (χ3n) is 3.39. The molecule has 5 heteroatoms. The topological polar surface area (TPSA) is 32.3 Å². The number of rotatable bonds is 2. The Morgan fingerprint density at radius 3 is 2.68 bits per heavy atom. The van der Waals surface area contributed by atoms with Crippen LogP contribution in [0.25, 0.3) is 6.08 Å². The first-order valence-electron chi connectivity index (χ1n) is 6.74. The summed E-state index contributed by atoms with van der Waals surface area (Å²) in [6, 6.07) is 14.9. The maximum Gasteiger partial charge on any atom is 0.281 e. The second-order valence-electron chi connectivity index (χ2n) is 4.97. The van der Waals surface area contributed by atoms with Gasteiger partial charge in [-0.05, 0) is 54.5 Å². The van der Waals surface area contributed by atoms with E-state index in [1.165, 1.54) is 4.90 Å². The van der Waals surface area contributed by atoms with Crippen molar-refractivity contribution in [2.75, 3.05) is 4.90 Å². The van der Waals surface area contributed by atoms with Gasteiger partial charge in [-0.2, -0.15) is 0 Å². The van der Waals surface area contributed by atoms with Gasteiger partial charge in [0.25, 0.3) is 5.91 Å². The lowest BCUT2D eigenvalue weighted by Crippen LogP contribution is -2.30. The first kappa shape index (κ1) is 14.8. The molecule has 0 radical (unpaired) electrons. The Bertz CT molecular complexity index is 801. The van der Waals surface area contributed by atoms with E-state index >= 15 is 0 Å². The minimum Gasteiger partial charge on any atom is -0.327 e. The van der Waals surface area contributed by atoms with Crippen LogP contribution in [0.3, 0.4) is 0 Å². The SMILES string of the molecule is Cc1ccccc1N1C(=O)/C(=C\c2cccc(Cl)c2)NC1=S. The maximum absolute atomic E-state index is 12.6. The average Bonchev–Trinajstić information content (AvgIpc) is 2.74. The fourth-order valence-electron chi connectivity index (χ4n) is 2.33. The van der Waals surface area contributed by atoms with Crippen molar-refractivity contribution in [1.29, 1.82) is 0 Å². The van der Waals surface area contributed by atoms with E-state index in [-0.39, 0.29) is 5.91 Å². The van der Waals surface area contributed by atoms with Crippen LogP contribution in [-0.2, 0) is 4.79 Å². The molecule has 1 aliphatic rings. The molecule has 1 saturated heterocycles. The summed E-state index contributed by atoms with van der Waals surface area (Å²) in [5.74, 6) is -0.167. The normalized spacial score (nSPS) is 16.3. The Hall–Kier alpha value is -2.17. The van der Waals surface area contributed by atoms with Crippen LogP contribution in [-0.4, -0.2) is 11.0 Å². The molecule has 1 amide bonds. The summed E-state index contributed by atoms with van der Waals surface area (Å²) in [6.07, 6.45) is 1.75. The molecule has 0 aliphatic carbocycles. The molecule has 2 aromatic carbocycles. The smallest absolute Gasteiger partial charge is 0.281 e. The molecule has 0 unspecified atom stereocenters. The van der Waals surface area contributed by atoms with Crippen molar-refractivity contribution in [3.8, 4) is 0 Å². The van der Waals surface area contributed by atoms with Crippen LogP contribution in [0.15, 0.2) is 54.2 Å². The third kappa shape index (κ3) is 2.75. The van der Waals surface area contributed by atoms with Crippen LogP contribution >= 0.6 is 23.8 Å². The van der Waals surface area contributed by atoms with Crippen molar-refractivity contribution in [2.45, 2.75) is 6.92 Å². The minimum atomic E-state index is -0.167. The van der Waals surface area contributed by atoms with Gasteiger partial charge in [-0.3, -0.25) is 9.69 Å². The molecular formula is C17H13ClN2OS. The zero-order chi connectivity index (χ0) is 15.7. The Morgan fingerprint density at radius 1 is 1.18 bits per heavy atom. The van der Waals surface area contributed by atoms with Gasteiger partial charge in [-0.15, -0.1) is 0 Å². The predicted molar refractivity (Wildman–Crippen MR) is 93.8 cm³/mol. The van der Waals surface area contributed by atoms with Gasteiger partial charge in [0.05, 0.1) is 5.69 Å². The molecule has 0 bridgehead atoms. The van der Waals surface area contributed by atoms with Crippen LogP contribution in [0, 0.1) is 6.92 Å². The number of thiocarbonyl (C=S) groups is 1. The Balaban J connectivity index is 1.97. The molecule has 1 aliphatic heterocycles. The van der Waals surface area contributed by atoms with Crippen molar-refractivity contribution in [3.05, 3.63) is 70.4 Å². The lowest BCUT2D eigenvalue weighted by atomic mass is 10.1. The van der Waals surface area contributed by atoms with Gasteiger partial charge in [-0.1, -0.05) is 41.9 Å². The molecule has 0 aromatic heterocycles. The minimum absolute atomic E-state index is 0.167. The van der Waals surface area contributed by atoms with E-state index in [0.717, 1.165) is 16.8 Å². The number of amides is 1. The summed E-state index contributed by atoms with van der Waals surface area (Å²) < 4.78 is 0. The summed E-state index contributed by atoms with van der Waals surface area (Å²) in [7, 11) is 0. The molecule has 0 saturated carbocycles. The van der Waals surface area contributed by atoms with Gasteiger partial charge in [0.15, 0.2) is 5.11 Å². The Morgan fingerprint density at radius 2 is 1.95 bits per heavy atom. The summed E-state index contributed by atoms with van der Waals surface area (Å²) >= 11 is 11.3. The monoisotopic (exact) mass is 328 g/mol. The predicted octanol–water partition coefficient (Wildman–Crippen LogP) is 3.91. The zero-order valence-electron chi connectivity index (χ0n) is 11.8. The fraction of sp³-hybridized carbons (Fsp3) is 0.0588. The maximum atomic E-state index is 12.6. The number of hydrogen-bond acceptors (Lipinski definition) is 2. The van der Waals surface area contributed by atoms with Crippen molar-refractivity contribution in [3.63, 3.8) is 0 Å². The Kier molecular flexibility index (Phi) is 3.96. The number of halogens is 1. The van der Waals surface area contributed by atoms with Crippen molar-refractivity contribution >= 4 is 46.6 Å². The number of carbonyl (C=O) groups excluding carboxylic acids is 1. The largest absolute Gasteiger partial charge is 0.327 e. The van der Waals surface area contributed by atoms with E-state index in [1.807, 2.05) is 43.3 Å². The van der Waals surface area contributed by atoms with E-state index in [1.54, 1.807) is 18.2 Å². The quantitative estimate of drug-likeness (QED) is 0.670. The molecule has 1 N–H and O–H groups in total. The molecule has 22 heavy (non-hydrogen) atoms. The third-order valence-corrected chi connectivity index (χ3v) is 3.91. The number of aryl methyl sites for hydroxylation is 1. The van der Waals surface area contributed by atoms with Gasteiger partial charge < -0.3 is 5.32 Å². The molecule has 3 rings (SSSR count). The van der Waals surface area contributed by atoms with Gasteiger partial charge in [-0.25, -0.2) is 0 Å². The van der Waals surface area contributed by atoms with Crippen LogP contribution < -0.4 is 10.2 Å². The number of carbonyl (C=O) groups is 1. The molecule has 110 valence electrons. The van der Waals surface area contributed by atoms with E-state index in [9.17, 15) is 4.79 Å². The first-order chi connectivity index (χ1) is 10.6. The number of anilines is 1. The highest BCUT2D eigenvalue weighted by molar-refractivity contribution is 7.80. The van der Waals surface area contributed by atoms with Gasteiger partial charge in [0, 0.05) is 5.02 Å². The van der Waals surface area contributed by atoms with E-state index < -0.39 is 0 Å². The lowest BCUT2D eigenvalue weighted by Gasteiger charge is -2.16. The van der Waals surface area contributed by atoms with Crippen LogP contribution in [0.4, 0.5) is 5.69 Å². The zero-order valence-corrected chi connectivity index (χ0v) is 13.4. The number of benzene rings is 2. The molecule has 3 nitrogen and oxygen atoms in total. The summed E-state index contributed by atoms with van der Waals surface area (Å²) in [5.41, 5.74) is 3.07. The molecule has 2 aromatic rings. The molecule has 0 spiro atoms. The standard InChI is InChI=1S/C17H13ClN2OS/c1-11-5-2-3-8-15(11)20-16(21)14(19-17(20)22)10-12-6-4-7-13(18)9-12/h2-10H,1H3,(H,19,22)/b14-10+. The first-order valence-corrected chi connectivity index (χ1v) is 7.53. The molecular weight excluding hydrogens is 316 g/mol. The molecule has 1 heterocycles. The highest BCUT2D eigenvalue weighted by atomic mass is 35.5. The lowest BCUT2D eigenvalue weighted by molar-refractivity contribution is -0.113. The molecule has 1 fully saturated rings. The molecule has 0 atom stereocenters. The van der Waals surface area contributed by atoms with Crippen molar-refractivity contribution < 1.29 is 4.79 Å². The highest BCUT2D eigenvalue weighted by Crippen LogP contribution is 2.25. The van der Waals surface area contributed by atoms with E-state index in [2.05, 4.69) is 5.32 Å². The summed E-state index contributed by atoms with van der Waals surface area (Å²) in [6.45, 7) is 1.95. The number of nitrogens with one attached hydrogen (secondary N) is 1. The van der Waals surface area contributed by atoms with E-state index in [0.29, 0.717) is 15.8 Å². The number of hydrogen-bond donors (Lipinski definition) is 1. The number of para-hydroxylation sites is 1. The average molecular weight is 329 g/mol. The second kappa shape index (κ2) is 5.91.